The van der Waals surface area contributed by atoms with Crippen molar-refractivity contribution in [2.24, 2.45) is 5.92 Å². The van der Waals surface area contributed by atoms with Gasteiger partial charge in [-0.15, -0.1) is 0 Å². The van der Waals surface area contributed by atoms with E-state index in [0.29, 0.717) is 5.92 Å². The van der Waals surface area contributed by atoms with Crippen molar-refractivity contribution in [2.45, 2.75) is 0 Å². The highest BCUT2D eigenvalue weighted by molar-refractivity contribution is 5.88. The lowest BCUT2D eigenvalue weighted by Crippen LogP contribution is -2.21. The van der Waals surface area contributed by atoms with Gasteiger partial charge in [0.1, 0.15) is 0 Å². The largest absolute Gasteiger partial charge is 0.0770 e. The first kappa shape index (κ1) is 7.81. The molecule has 0 heteroatoms. The molecule has 14 heavy (non-hydrogen) atoms. The van der Waals surface area contributed by atoms with Crippen LogP contribution in [0.25, 0.3) is 11.6 Å². The van der Waals surface area contributed by atoms with Gasteiger partial charge < -0.3 is 0 Å². The van der Waals surface area contributed by atoms with E-state index in [2.05, 4.69) is 55.5 Å². The van der Waals surface area contributed by atoms with E-state index < -0.39 is 0 Å². The summed E-state index contributed by atoms with van der Waals surface area (Å²) in [5.41, 5.74) is 2.68. The maximum atomic E-state index is 4.02. The highest BCUT2D eigenvalue weighted by atomic mass is 14.2. The quantitative estimate of drug-likeness (QED) is 0.567. The lowest BCUT2D eigenvalue weighted by molar-refractivity contribution is 1.05. The molecule has 1 unspecified atom stereocenters. The Morgan fingerprint density at radius 3 is 2.93 bits per heavy atom. The molecule has 0 heterocycles. The molecule has 2 aliphatic carbocycles. The van der Waals surface area contributed by atoms with E-state index in [4.69, 9.17) is 0 Å². The number of fused-ring (bicyclic) bond motifs is 2. The summed E-state index contributed by atoms with van der Waals surface area (Å²) in [5, 5.41) is 2.68. The fourth-order valence-corrected chi connectivity index (χ4v) is 2.10. The predicted octanol–water partition coefficient (Wildman–Crippen LogP) is 1.58. The molecule has 0 spiro atoms. The fourth-order valence-electron chi connectivity index (χ4n) is 2.10. The molecule has 67 valence electrons. The van der Waals surface area contributed by atoms with Crippen LogP contribution in [0.5, 0.6) is 0 Å². The molecule has 1 radical (unpaired) electrons. The van der Waals surface area contributed by atoms with E-state index in [1.54, 1.807) is 0 Å². The highest BCUT2D eigenvalue weighted by Gasteiger charge is 2.12. The van der Waals surface area contributed by atoms with Crippen LogP contribution >= 0.6 is 0 Å². The fraction of sp³-hybridized carbons (Fsp3) is 0.0714. The Balaban J connectivity index is 2.40. The number of hydrogen-bond acceptors (Lipinski definition) is 0. The molecule has 3 rings (SSSR count). The van der Waals surface area contributed by atoms with Crippen LogP contribution in [0.15, 0.2) is 48.1 Å². The van der Waals surface area contributed by atoms with Crippen LogP contribution in [0, 0.1) is 12.8 Å². The lowest BCUT2D eigenvalue weighted by Gasteiger charge is -2.09. The third kappa shape index (κ3) is 1.00. The van der Waals surface area contributed by atoms with Crippen LogP contribution in [0.4, 0.5) is 0 Å². The minimum Gasteiger partial charge on any atom is -0.0770 e. The molecule has 0 fully saturated rings. The number of hydrogen-bond donors (Lipinski definition) is 0. The van der Waals surface area contributed by atoms with Gasteiger partial charge in [0, 0.05) is 0 Å². The standard InChI is InChI=1S/C14H11/c1-10-6-7-14-12(8-10)9-11-4-2-3-5-13(11)14/h2-10H,1H2. The molecular weight excluding hydrogens is 168 g/mol. The van der Waals surface area contributed by atoms with E-state index >= 15 is 0 Å². The van der Waals surface area contributed by atoms with Crippen molar-refractivity contribution in [1.82, 2.24) is 0 Å². The van der Waals surface area contributed by atoms with Gasteiger partial charge in [-0.1, -0.05) is 42.5 Å². The zero-order chi connectivity index (χ0) is 9.54. The molecular formula is C14H11. The molecule has 0 amide bonds. The van der Waals surface area contributed by atoms with Gasteiger partial charge in [-0.05, 0) is 40.5 Å². The van der Waals surface area contributed by atoms with Crippen LogP contribution in [0.2, 0.25) is 0 Å². The first-order valence-electron chi connectivity index (χ1n) is 4.89. The van der Waals surface area contributed by atoms with Crippen molar-refractivity contribution in [3.05, 3.63) is 65.4 Å². The Bertz CT molecular complexity index is 556. The van der Waals surface area contributed by atoms with Crippen molar-refractivity contribution in [2.75, 3.05) is 0 Å². The van der Waals surface area contributed by atoms with Crippen LogP contribution in [0.1, 0.15) is 0 Å². The van der Waals surface area contributed by atoms with E-state index in [1.807, 2.05) is 0 Å². The number of benzene rings is 1. The zero-order valence-electron chi connectivity index (χ0n) is 7.90. The first-order valence-corrected chi connectivity index (χ1v) is 4.89. The van der Waals surface area contributed by atoms with E-state index in [1.165, 1.54) is 21.6 Å². The third-order valence-corrected chi connectivity index (χ3v) is 2.78. The van der Waals surface area contributed by atoms with Gasteiger partial charge in [0.25, 0.3) is 0 Å². The first-order chi connectivity index (χ1) is 6.84. The monoisotopic (exact) mass is 179 g/mol. The third-order valence-electron chi connectivity index (χ3n) is 2.78. The second kappa shape index (κ2) is 2.71. The Hall–Kier alpha value is -1.56. The molecule has 0 saturated carbocycles. The minimum absolute atomic E-state index is 0.319. The average molecular weight is 179 g/mol. The molecule has 0 N–H and O–H groups in total. The Kier molecular flexibility index (Phi) is 1.51. The van der Waals surface area contributed by atoms with Crippen LogP contribution in [0.3, 0.4) is 0 Å². The predicted molar refractivity (Wildman–Crippen MR) is 59.6 cm³/mol. The Morgan fingerprint density at radius 2 is 2.00 bits per heavy atom. The van der Waals surface area contributed by atoms with Crippen LogP contribution in [-0.4, -0.2) is 0 Å². The topological polar surface area (TPSA) is 0 Å². The summed E-state index contributed by atoms with van der Waals surface area (Å²) in [6.07, 6.45) is 8.80. The summed E-state index contributed by atoms with van der Waals surface area (Å²) in [6, 6.07) is 8.51. The Labute approximate surface area is 83.6 Å². The summed E-state index contributed by atoms with van der Waals surface area (Å²) in [5.74, 6) is 0.319. The molecule has 1 atom stereocenters. The van der Waals surface area contributed by atoms with Crippen LogP contribution in [-0.2, 0) is 0 Å². The van der Waals surface area contributed by atoms with Crippen LogP contribution < -0.4 is 10.4 Å². The molecule has 0 aliphatic heterocycles. The van der Waals surface area contributed by atoms with Crippen molar-refractivity contribution in [1.29, 1.82) is 0 Å². The van der Waals surface area contributed by atoms with Gasteiger partial charge in [0.2, 0.25) is 0 Å². The minimum atomic E-state index is 0.319. The van der Waals surface area contributed by atoms with Gasteiger partial charge in [-0.25, -0.2) is 0 Å². The molecule has 0 bridgehead atoms. The maximum Gasteiger partial charge on any atom is -0.00406 e. The van der Waals surface area contributed by atoms with Crippen molar-refractivity contribution >= 4 is 11.6 Å². The van der Waals surface area contributed by atoms with Crippen molar-refractivity contribution < 1.29 is 0 Å². The zero-order valence-corrected chi connectivity index (χ0v) is 7.90. The highest BCUT2D eigenvalue weighted by Crippen LogP contribution is 2.23. The summed E-state index contributed by atoms with van der Waals surface area (Å²) in [4.78, 5) is 0. The SMILES string of the molecule is [CH2]C1C=CC2=c3ccccc3=CC2=C1. The number of allylic oxidation sites excluding steroid dienone is 4. The second-order valence-corrected chi connectivity index (χ2v) is 3.79. The lowest BCUT2D eigenvalue weighted by atomic mass is 9.95. The van der Waals surface area contributed by atoms with E-state index in [-0.39, 0.29) is 0 Å². The average Bonchev–Trinajstić information content (AvgIpc) is 2.54. The molecule has 1 aromatic rings. The number of rotatable bonds is 0. The summed E-state index contributed by atoms with van der Waals surface area (Å²) >= 11 is 0. The van der Waals surface area contributed by atoms with E-state index in [9.17, 15) is 0 Å². The smallest absolute Gasteiger partial charge is 0.00406 e. The molecule has 0 saturated heterocycles. The van der Waals surface area contributed by atoms with Gasteiger partial charge in [-0.2, -0.15) is 0 Å². The molecule has 1 aromatic carbocycles. The normalized spacial score (nSPS) is 22.5. The van der Waals surface area contributed by atoms with Gasteiger partial charge in [0.05, 0.1) is 0 Å². The van der Waals surface area contributed by atoms with Crippen molar-refractivity contribution in [3.63, 3.8) is 0 Å². The molecule has 0 aromatic heterocycles. The van der Waals surface area contributed by atoms with Crippen molar-refractivity contribution in [3.8, 4) is 0 Å². The second-order valence-electron chi connectivity index (χ2n) is 3.79. The van der Waals surface area contributed by atoms with Gasteiger partial charge in [0.15, 0.2) is 0 Å². The Morgan fingerprint density at radius 1 is 1.14 bits per heavy atom. The summed E-state index contributed by atoms with van der Waals surface area (Å²) < 4.78 is 0. The van der Waals surface area contributed by atoms with E-state index in [0.717, 1.165) is 0 Å². The molecule has 2 aliphatic rings. The molecule has 0 nitrogen and oxygen atoms in total. The summed E-state index contributed by atoms with van der Waals surface area (Å²) in [7, 11) is 0. The van der Waals surface area contributed by atoms with Gasteiger partial charge in [-0.3, -0.25) is 0 Å². The summed E-state index contributed by atoms with van der Waals surface area (Å²) in [6.45, 7) is 4.02. The maximum absolute atomic E-state index is 4.02. The van der Waals surface area contributed by atoms with Gasteiger partial charge >= 0.3 is 0 Å².